The van der Waals surface area contributed by atoms with E-state index >= 15 is 0 Å². The van der Waals surface area contributed by atoms with Gasteiger partial charge in [0.15, 0.2) is 5.16 Å². The molecule has 0 radical (unpaired) electrons. The molecule has 0 saturated heterocycles. The lowest BCUT2D eigenvalue weighted by atomic mass is 10.2. The maximum absolute atomic E-state index is 12.8. The van der Waals surface area contributed by atoms with Gasteiger partial charge in [0, 0.05) is 12.7 Å². The van der Waals surface area contributed by atoms with Crippen LogP contribution >= 0.6 is 11.8 Å². The van der Waals surface area contributed by atoms with E-state index in [0.717, 1.165) is 17.3 Å². The first-order valence-corrected chi connectivity index (χ1v) is 8.10. The van der Waals surface area contributed by atoms with Gasteiger partial charge in [-0.3, -0.25) is 9.20 Å². The van der Waals surface area contributed by atoms with Crippen molar-refractivity contribution >= 4 is 23.3 Å². The Balaban J connectivity index is 1.58. The quantitative estimate of drug-likeness (QED) is 0.712. The number of thioether (sulfide) groups is 1. The number of pyridine rings is 1. The van der Waals surface area contributed by atoms with Gasteiger partial charge in [0.1, 0.15) is 11.5 Å². The number of halogens is 1. The van der Waals surface area contributed by atoms with Gasteiger partial charge in [0.25, 0.3) is 0 Å². The van der Waals surface area contributed by atoms with Gasteiger partial charge in [0.2, 0.25) is 5.91 Å². The lowest BCUT2D eigenvalue weighted by molar-refractivity contribution is -0.118. The highest BCUT2D eigenvalue weighted by molar-refractivity contribution is 7.99. The molecule has 6 nitrogen and oxygen atoms in total. The second-order valence-electron chi connectivity index (χ2n) is 4.91. The summed E-state index contributed by atoms with van der Waals surface area (Å²) in [5.41, 5.74) is 0.844. The third-order valence-corrected chi connectivity index (χ3v) is 4.03. The Kier molecular flexibility index (Phi) is 4.85. The summed E-state index contributed by atoms with van der Waals surface area (Å²) in [5, 5.41) is 2.97. The van der Waals surface area contributed by atoms with Gasteiger partial charge >= 0.3 is 5.69 Å². The maximum atomic E-state index is 12.8. The molecule has 1 amide bonds. The van der Waals surface area contributed by atoms with Gasteiger partial charge in [-0.2, -0.15) is 4.98 Å². The van der Waals surface area contributed by atoms with Gasteiger partial charge in [-0.25, -0.2) is 14.2 Å². The smallest absolute Gasteiger partial charge is 0.351 e. The topological polar surface area (TPSA) is 76.4 Å². The van der Waals surface area contributed by atoms with Crippen LogP contribution in [-0.2, 0) is 11.3 Å². The van der Waals surface area contributed by atoms with Crippen LogP contribution in [0.1, 0.15) is 5.56 Å². The van der Waals surface area contributed by atoms with E-state index in [9.17, 15) is 14.0 Å². The molecular formula is C16H13FN4O2S. The first-order valence-electron chi connectivity index (χ1n) is 7.11. The summed E-state index contributed by atoms with van der Waals surface area (Å²) in [6, 6.07) is 11.1. The number of fused-ring (bicyclic) bond motifs is 1. The van der Waals surface area contributed by atoms with E-state index in [1.54, 1.807) is 36.5 Å². The zero-order valence-electron chi connectivity index (χ0n) is 12.5. The summed E-state index contributed by atoms with van der Waals surface area (Å²) in [4.78, 5) is 31.8. The molecule has 0 atom stereocenters. The van der Waals surface area contributed by atoms with Crippen molar-refractivity contribution in [2.75, 3.05) is 5.75 Å². The SMILES string of the molecule is O=C(CSc1nc(=O)n2ccccc2n1)NCc1ccc(F)cc1. The van der Waals surface area contributed by atoms with Crippen molar-refractivity contribution in [1.29, 1.82) is 0 Å². The Morgan fingerprint density at radius 2 is 1.96 bits per heavy atom. The third-order valence-electron chi connectivity index (χ3n) is 3.18. The number of benzene rings is 1. The largest absolute Gasteiger partial charge is 0.355 e. The van der Waals surface area contributed by atoms with Crippen LogP contribution in [0.3, 0.4) is 0 Å². The van der Waals surface area contributed by atoms with E-state index in [1.165, 1.54) is 16.5 Å². The molecule has 0 fully saturated rings. The number of hydrogen-bond acceptors (Lipinski definition) is 5. The highest BCUT2D eigenvalue weighted by atomic mass is 32.2. The molecule has 3 aromatic rings. The van der Waals surface area contributed by atoms with Crippen LogP contribution in [0.5, 0.6) is 0 Å². The van der Waals surface area contributed by atoms with E-state index in [4.69, 9.17) is 0 Å². The number of aromatic nitrogens is 3. The molecular weight excluding hydrogens is 331 g/mol. The number of carbonyl (C=O) groups excluding carboxylic acids is 1. The van der Waals surface area contributed by atoms with Gasteiger partial charge < -0.3 is 5.32 Å². The molecule has 24 heavy (non-hydrogen) atoms. The molecule has 8 heteroatoms. The summed E-state index contributed by atoms with van der Waals surface area (Å²) in [5.74, 6) is -0.453. The summed E-state index contributed by atoms with van der Waals surface area (Å²) in [6.45, 7) is 0.306. The molecule has 2 aromatic heterocycles. The average Bonchev–Trinajstić information content (AvgIpc) is 2.59. The molecule has 0 spiro atoms. The number of nitrogens with one attached hydrogen (secondary N) is 1. The average molecular weight is 344 g/mol. The predicted molar refractivity (Wildman–Crippen MR) is 88.2 cm³/mol. The third kappa shape index (κ3) is 3.96. The fourth-order valence-corrected chi connectivity index (χ4v) is 2.66. The van der Waals surface area contributed by atoms with Gasteiger partial charge in [-0.1, -0.05) is 30.0 Å². The first kappa shape index (κ1) is 16.1. The lowest BCUT2D eigenvalue weighted by Gasteiger charge is -2.05. The Hall–Kier alpha value is -2.74. The second-order valence-corrected chi connectivity index (χ2v) is 5.85. The standard InChI is InChI=1S/C16H13FN4O2S/c17-12-6-4-11(5-7-12)9-18-14(22)10-24-15-19-13-3-1-2-8-21(13)16(23)20-15/h1-8H,9-10H2,(H,18,22). The minimum Gasteiger partial charge on any atom is -0.351 e. The Morgan fingerprint density at radius 3 is 2.75 bits per heavy atom. The molecule has 122 valence electrons. The van der Waals surface area contributed by atoms with Crippen molar-refractivity contribution in [2.24, 2.45) is 0 Å². The number of carbonyl (C=O) groups is 1. The predicted octanol–water partition coefficient (Wildman–Crippen LogP) is 1.64. The van der Waals surface area contributed by atoms with Crippen LogP contribution in [0, 0.1) is 5.82 Å². The molecule has 0 aliphatic carbocycles. The van der Waals surface area contributed by atoms with Crippen molar-refractivity contribution in [3.05, 3.63) is 70.5 Å². The molecule has 1 aromatic carbocycles. The van der Waals surface area contributed by atoms with Crippen LogP contribution in [-0.4, -0.2) is 26.0 Å². The molecule has 3 rings (SSSR count). The molecule has 2 heterocycles. The number of amides is 1. The number of hydrogen-bond donors (Lipinski definition) is 1. The highest BCUT2D eigenvalue weighted by Crippen LogP contribution is 2.11. The van der Waals surface area contributed by atoms with Crippen LogP contribution in [0.2, 0.25) is 0 Å². The second kappa shape index (κ2) is 7.22. The molecule has 0 aliphatic heterocycles. The van der Waals surface area contributed by atoms with Crippen LogP contribution in [0.15, 0.2) is 58.6 Å². The summed E-state index contributed by atoms with van der Waals surface area (Å²) >= 11 is 1.09. The van der Waals surface area contributed by atoms with Gasteiger partial charge in [-0.05, 0) is 29.8 Å². The number of nitrogens with zero attached hydrogens (tertiary/aromatic N) is 3. The molecule has 0 aliphatic rings. The Labute approximate surface area is 140 Å². The summed E-state index contributed by atoms with van der Waals surface area (Å²) in [6.07, 6.45) is 1.58. The fourth-order valence-electron chi connectivity index (χ4n) is 1.99. The summed E-state index contributed by atoms with van der Waals surface area (Å²) in [7, 11) is 0. The van der Waals surface area contributed by atoms with Gasteiger partial charge in [-0.15, -0.1) is 0 Å². The highest BCUT2D eigenvalue weighted by Gasteiger charge is 2.08. The van der Waals surface area contributed by atoms with Gasteiger partial charge in [0.05, 0.1) is 5.75 Å². The van der Waals surface area contributed by atoms with E-state index in [-0.39, 0.29) is 22.6 Å². The molecule has 0 saturated carbocycles. The van der Waals surface area contributed by atoms with Crippen molar-refractivity contribution < 1.29 is 9.18 Å². The van der Waals surface area contributed by atoms with Crippen LogP contribution in [0.25, 0.3) is 5.65 Å². The number of rotatable bonds is 5. The summed E-state index contributed by atoms with van der Waals surface area (Å²) < 4.78 is 14.1. The molecule has 0 bridgehead atoms. The molecule has 0 unspecified atom stereocenters. The van der Waals surface area contributed by atoms with Crippen molar-refractivity contribution in [3.63, 3.8) is 0 Å². The minimum absolute atomic E-state index is 0.0869. The van der Waals surface area contributed by atoms with Crippen molar-refractivity contribution in [1.82, 2.24) is 19.7 Å². The first-order chi connectivity index (χ1) is 11.6. The minimum atomic E-state index is -0.435. The van der Waals surface area contributed by atoms with Crippen molar-refractivity contribution in [2.45, 2.75) is 11.7 Å². The Bertz CT molecular complexity index is 927. The normalized spacial score (nSPS) is 10.7. The zero-order chi connectivity index (χ0) is 16.9. The van der Waals surface area contributed by atoms with E-state index in [2.05, 4.69) is 15.3 Å². The maximum Gasteiger partial charge on any atom is 0.355 e. The van der Waals surface area contributed by atoms with E-state index < -0.39 is 5.69 Å². The monoisotopic (exact) mass is 344 g/mol. The zero-order valence-corrected chi connectivity index (χ0v) is 13.3. The van der Waals surface area contributed by atoms with E-state index in [1.807, 2.05) is 0 Å². The fraction of sp³-hybridized carbons (Fsp3) is 0.125. The van der Waals surface area contributed by atoms with Crippen molar-refractivity contribution in [3.8, 4) is 0 Å². The van der Waals surface area contributed by atoms with E-state index in [0.29, 0.717) is 12.2 Å². The Morgan fingerprint density at radius 1 is 1.17 bits per heavy atom. The van der Waals surface area contributed by atoms with Crippen LogP contribution in [0.4, 0.5) is 4.39 Å². The lowest BCUT2D eigenvalue weighted by Crippen LogP contribution is -2.25. The van der Waals surface area contributed by atoms with Crippen LogP contribution < -0.4 is 11.0 Å². The molecule has 1 N–H and O–H groups in total.